The predicted octanol–water partition coefficient (Wildman–Crippen LogP) is 1.22. The summed E-state index contributed by atoms with van der Waals surface area (Å²) in [7, 11) is 4.29. The topological polar surface area (TPSA) is 19.4 Å². The highest BCUT2D eigenvalue weighted by atomic mass is 15.3. The van der Waals surface area contributed by atoms with Crippen molar-refractivity contribution in [1.82, 2.24) is 9.88 Å². The van der Waals surface area contributed by atoms with Gasteiger partial charge in [0.1, 0.15) is 5.82 Å². The normalized spacial score (nSPS) is 21.9. The Morgan fingerprint density at radius 2 is 2.29 bits per heavy atom. The molecule has 3 heteroatoms. The first kappa shape index (κ1) is 9.46. The van der Waals surface area contributed by atoms with Crippen molar-refractivity contribution < 1.29 is 0 Å². The molecule has 0 bridgehead atoms. The number of likely N-dealkylation sites (N-methyl/N-ethyl adjacent to an activating group) is 1. The summed E-state index contributed by atoms with van der Waals surface area (Å²) in [5.41, 5.74) is 0. The molecule has 1 fully saturated rings. The Balaban J connectivity index is 2.03. The molecule has 76 valence electrons. The highest BCUT2D eigenvalue weighted by molar-refractivity contribution is 5.39. The van der Waals surface area contributed by atoms with Crippen molar-refractivity contribution in [1.29, 1.82) is 0 Å². The third-order valence-corrected chi connectivity index (χ3v) is 2.87. The van der Waals surface area contributed by atoms with E-state index in [1.165, 1.54) is 6.42 Å². The van der Waals surface area contributed by atoms with Crippen LogP contribution in [-0.2, 0) is 0 Å². The number of rotatable bonds is 2. The summed E-state index contributed by atoms with van der Waals surface area (Å²) in [6, 6.07) is 6.77. The zero-order valence-electron chi connectivity index (χ0n) is 8.85. The van der Waals surface area contributed by atoms with Crippen molar-refractivity contribution >= 4 is 5.82 Å². The molecular formula is C11H17N3. The van der Waals surface area contributed by atoms with Gasteiger partial charge in [0.15, 0.2) is 0 Å². The lowest BCUT2D eigenvalue weighted by Crippen LogP contribution is -2.31. The number of hydrogen-bond acceptors (Lipinski definition) is 3. The van der Waals surface area contributed by atoms with E-state index >= 15 is 0 Å². The van der Waals surface area contributed by atoms with Gasteiger partial charge in [-0.25, -0.2) is 4.98 Å². The summed E-state index contributed by atoms with van der Waals surface area (Å²) in [6.07, 6.45) is 3.10. The van der Waals surface area contributed by atoms with Gasteiger partial charge in [0.25, 0.3) is 0 Å². The number of anilines is 1. The van der Waals surface area contributed by atoms with Crippen molar-refractivity contribution in [3.63, 3.8) is 0 Å². The molecule has 0 spiro atoms. The van der Waals surface area contributed by atoms with E-state index in [-0.39, 0.29) is 0 Å². The fraction of sp³-hybridized carbons (Fsp3) is 0.545. The number of pyridine rings is 1. The third-order valence-electron chi connectivity index (χ3n) is 2.87. The van der Waals surface area contributed by atoms with Crippen LogP contribution in [0.4, 0.5) is 5.82 Å². The molecule has 14 heavy (non-hydrogen) atoms. The molecular weight excluding hydrogens is 174 g/mol. The second kappa shape index (κ2) is 3.96. The van der Waals surface area contributed by atoms with Crippen LogP contribution in [0.3, 0.4) is 0 Å². The summed E-state index contributed by atoms with van der Waals surface area (Å²) >= 11 is 0. The SMILES string of the molecule is CN(C)[C@H]1CCN(c2ccccn2)C1. The maximum atomic E-state index is 4.36. The molecule has 0 unspecified atom stereocenters. The molecule has 1 atom stereocenters. The predicted molar refractivity (Wildman–Crippen MR) is 58.5 cm³/mol. The molecule has 3 nitrogen and oxygen atoms in total. The Kier molecular flexibility index (Phi) is 2.68. The highest BCUT2D eigenvalue weighted by Crippen LogP contribution is 2.19. The molecule has 0 saturated carbocycles. The van der Waals surface area contributed by atoms with E-state index in [2.05, 4.69) is 34.9 Å². The molecule has 0 amide bonds. The minimum Gasteiger partial charge on any atom is -0.355 e. The van der Waals surface area contributed by atoms with Crippen molar-refractivity contribution in [3.8, 4) is 0 Å². The van der Waals surface area contributed by atoms with Gasteiger partial charge in [0, 0.05) is 25.3 Å². The van der Waals surface area contributed by atoms with Crippen LogP contribution in [0.25, 0.3) is 0 Å². The summed E-state index contributed by atoms with van der Waals surface area (Å²) in [4.78, 5) is 9.01. The summed E-state index contributed by atoms with van der Waals surface area (Å²) in [6.45, 7) is 2.23. The van der Waals surface area contributed by atoms with Gasteiger partial charge >= 0.3 is 0 Å². The molecule has 2 rings (SSSR count). The molecule has 1 aliphatic heterocycles. The van der Waals surface area contributed by atoms with Gasteiger partial charge in [-0.15, -0.1) is 0 Å². The Morgan fingerprint density at radius 1 is 1.43 bits per heavy atom. The molecule has 0 aromatic carbocycles. The maximum absolute atomic E-state index is 4.36. The molecule has 1 aromatic heterocycles. The first-order valence-corrected chi connectivity index (χ1v) is 5.10. The van der Waals surface area contributed by atoms with E-state index in [4.69, 9.17) is 0 Å². The first-order valence-electron chi connectivity index (χ1n) is 5.10. The summed E-state index contributed by atoms with van der Waals surface area (Å²) < 4.78 is 0. The largest absolute Gasteiger partial charge is 0.355 e. The van der Waals surface area contributed by atoms with E-state index in [1.54, 1.807) is 0 Å². The second-order valence-corrected chi connectivity index (χ2v) is 4.04. The minimum atomic E-state index is 0.678. The fourth-order valence-corrected chi connectivity index (χ4v) is 1.91. The Bertz CT molecular complexity index is 284. The van der Waals surface area contributed by atoms with E-state index in [1.807, 2.05) is 18.3 Å². The summed E-state index contributed by atoms with van der Waals surface area (Å²) in [5.74, 6) is 1.11. The zero-order chi connectivity index (χ0) is 9.97. The minimum absolute atomic E-state index is 0.678. The van der Waals surface area contributed by atoms with Crippen LogP contribution in [0.1, 0.15) is 6.42 Å². The molecule has 0 radical (unpaired) electrons. The van der Waals surface area contributed by atoms with Crippen LogP contribution in [-0.4, -0.2) is 43.1 Å². The van der Waals surface area contributed by atoms with Gasteiger partial charge in [-0.3, -0.25) is 0 Å². The second-order valence-electron chi connectivity index (χ2n) is 4.04. The Morgan fingerprint density at radius 3 is 2.86 bits per heavy atom. The average Bonchev–Trinajstić information content (AvgIpc) is 2.68. The van der Waals surface area contributed by atoms with Crippen molar-refractivity contribution in [2.75, 3.05) is 32.1 Å². The molecule has 1 saturated heterocycles. The standard InChI is InChI=1S/C11H17N3/c1-13(2)10-6-8-14(9-10)11-5-3-4-7-12-11/h3-5,7,10H,6,8-9H2,1-2H3/t10-/m0/s1. The van der Waals surface area contributed by atoms with Crippen molar-refractivity contribution in [2.45, 2.75) is 12.5 Å². The average molecular weight is 191 g/mol. The lowest BCUT2D eigenvalue weighted by Gasteiger charge is -2.20. The van der Waals surface area contributed by atoms with Gasteiger partial charge < -0.3 is 9.80 Å². The highest BCUT2D eigenvalue weighted by Gasteiger charge is 2.24. The van der Waals surface area contributed by atoms with Gasteiger partial charge in [-0.1, -0.05) is 6.07 Å². The van der Waals surface area contributed by atoms with Gasteiger partial charge in [-0.05, 0) is 32.6 Å². The van der Waals surface area contributed by atoms with Crippen LogP contribution < -0.4 is 4.90 Å². The van der Waals surface area contributed by atoms with Crippen molar-refractivity contribution in [2.24, 2.45) is 0 Å². The Hall–Kier alpha value is -1.09. The van der Waals surface area contributed by atoms with Crippen molar-refractivity contribution in [3.05, 3.63) is 24.4 Å². The maximum Gasteiger partial charge on any atom is 0.128 e. The quantitative estimate of drug-likeness (QED) is 0.700. The third kappa shape index (κ3) is 1.87. The van der Waals surface area contributed by atoms with Gasteiger partial charge in [0.2, 0.25) is 0 Å². The summed E-state index contributed by atoms with van der Waals surface area (Å²) in [5, 5.41) is 0. The number of hydrogen-bond donors (Lipinski definition) is 0. The van der Waals surface area contributed by atoms with E-state index in [0.29, 0.717) is 6.04 Å². The number of aromatic nitrogens is 1. The monoisotopic (exact) mass is 191 g/mol. The van der Waals surface area contributed by atoms with E-state index in [0.717, 1.165) is 18.9 Å². The fourth-order valence-electron chi connectivity index (χ4n) is 1.91. The van der Waals surface area contributed by atoms with E-state index < -0.39 is 0 Å². The van der Waals surface area contributed by atoms with Gasteiger partial charge in [0.05, 0.1) is 0 Å². The van der Waals surface area contributed by atoms with Crippen LogP contribution >= 0.6 is 0 Å². The number of nitrogens with zero attached hydrogens (tertiary/aromatic N) is 3. The molecule has 1 aromatic rings. The first-order chi connectivity index (χ1) is 6.77. The smallest absolute Gasteiger partial charge is 0.128 e. The van der Waals surface area contributed by atoms with Crippen LogP contribution in [0.15, 0.2) is 24.4 Å². The van der Waals surface area contributed by atoms with E-state index in [9.17, 15) is 0 Å². The Labute approximate surface area is 85.4 Å². The molecule has 0 aliphatic carbocycles. The van der Waals surface area contributed by atoms with Crippen LogP contribution in [0.2, 0.25) is 0 Å². The van der Waals surface area contributed by atoms with Crippen LogP contribution in [0, 0.1) is 0 Å². The lowest BCUT2D eigenvalue weighted by atomic mass is 10.2. The molecule has 2 heterocycles. The van der Waals surface area contributed by atoms with Gasteiger partial charge in [-0.2, -0.15) is 0 Å². The zero-order valence-corrected chi connectivity index (χ0v) is 8.85. The lowest BCUT2D eigenvalue weighted by molar-refractivity contribution is 0.315. The van der Waals surface area contributed by atoms with Crippen LogP contribution in [0.5, 0.6) is 0 Å². The molecule has 1 aliphatic rings. The molecule has 0 N–H and O–H groups in total.